The summed E-state index contributed by atoms with van der Waals surface area (Å²) in [5.41, 5.74) is 0.698. The van der Waals surface area contributed by atoms with Gasteiger partial charge in [-0.3, -0.25) is 9.78 Å². The highest BCUT2D eigenvalue weighted by atomic mass is 79.9. The van der Waals surface area contributed by atoms with Crippen LogP contribution in [0.25, 0.3) is 0 Å². The second-order valence-corrected chi connectivity index (χ2v) is 4.01. The van der Waals surface area contributed by atoms with Crippen molar-refractivity contribution in [2.45, 2.75) is 13.3 Å². The zero-order chi connectivity index (χ0) is 11.4. The van der Waals surface area contributed by atoms with Crippen molar-refractivity contribution in [2.24, 2.45) is 5.92 Å². The van der Waals surface area contributed by atoms with Crippen molar-refractivity contribution < 1.29 is 14.6 Å². The zero-order valence-electron chi connectivity index (χ0n) is 8.53. The monoisotopic (exact) mass is 273 g/mol. The lowest BCUT2D eigenvalue weighted by Gasteiger charge is -2.09. The van der Waals surface area contributed by atoms with Gasteiger partial charge in [0.1, 0.15) is 5.75 Å². The molecule has 82 valence electrons. The lowest BCUT2D eigenvalue weighted by molar-refractivity contribution is -0.141. The van der Waals surface area contributed by atoms with Gasteiger partial charge in [0.05, 0.1) is 23.2 Å². The molecule has 0 saturated carbocycles. The van der Waals surface area contributed by atoms with Crippen LogP contribution >= 0.6 is 15.9 Å². The van der Waals surface area contributed by atoms with Crippen LogP contribution in [-0.2, 0) is 11.2 Å². The number of rotatable bonds is 4. The van der Waals surface area contributed by atoms with Crippen LogP contribution in [0, 0.1) is 5.92 Å². The second kappa shape index (κ2) is 5.11. The Morgan fingerprint density at radius 2 is 2.40 bits per heavy atom. The average molecular weight is 274 g/mol. The topological polar surface area (TPSA) is 59.4 Å². The number of hydrogen-bond donors (Lipinski definition) is 1. The quantitative estimate of drug-likeness (QED) is 0.913. The number of aliphatic carboxylic acids is 1. The molecule has 1 atom stereocenters. The lowest BCUT2D eigenvalue weighted by atomic mass is 10.1. The summed E-state index contributed by atoms with van der Waals surface area (Å²) in [6.07, 6.45) is 1.99. The first-order valence-corrected chi connectivity index (χ1v) is 5.25. The number of carboxylic acid groups (broad SMARTS) is 1. The van der Waals surface area contributed by atoms with Gasteiger partial charge in [-0.15, -0.1) is 0 Å². The highest BCUT2D eigenvalue weighted by Gasteiger charge is 2.16. The van der Waals surface area contributed by atoms with E-state index in [4.69, 9.17) is 9.84 Å². The Balaban J connectivity index is 2.90. The Kier molecular flexibility index (Phi) is 4.08. The first-order valence-electron chi connectivity index (χ1n) is 4.46. The highest BCUT2D eigenvalue weighted by molar-refractivity contribution is 9.10. The molecule has 0 bridgehead atoms. The van der Waals surface area contributed by atoms with Gasteiger partial charge in [-0.2, -0.15) is 0 Å². The molecule has 1 unspecified atom stereocenters. The van der Waals surface area contributed by atoms with Crippen LogP contribution in [0.15, 0.2) is 16.7 Å². The van der Waals surface area contributed by atoms with Gasteiger partial charge in [-0.05, 0) is 22.0 Å². The molecule has 0 aliphatic carbocycles. The molecule has 0 aromatic carbocycles. The van der Waals surface area contributed by atoms with Gasteiger partial charge >= 0.3 is 5.97 Å². The standard InChI is InChI=1S/C10H12BrNO3/c1-6(10(13)14)5-7-9(11)8(15-2)3-4-12-7/h3-4,6H,5H2,1-2H3,(H,13,14). The van der Waals surface area contributed by atoms with E-state index in [-0.39, 0.29) is 0 Å². The van der Waals surface area contributed by atoms with Gasteiger partial charge in [0.15, 0.2) is 0 Å². The van der Waals surface area contributed by atoms with Crippen LogP contribution < -0.4 is 4.74 Å². The number of carbonyl (C=O) groups is 1. The van der Waals surface area contributed by atoms with Crippen LogP contribution in [-0.4, -0.2) is 23.2 Å². The van der Waals surface area contributed by atoms with E-state index >= 15 is 0 Å². The summed E-state index contributed by atoms with van der Waals surface area (Å²) < 4.78 is 5.82. The summed E-state index contributed by atoms with van der Waals surface area (Å²) in [5, 5.41) is 8.79. The second-order valence-electron chi connectivity index (χ2n) is 3.22. The zero-order valence-corrected chi connectivity index (χ0v) is 10.1. The molecule has 0 saturated heterocycles. The van der Waals surface area contributed by atoms with E-state index in [0.717, 1.165) is 4.47 Å². The van der Waals surface area contributed by atoms with Crippen LogP contribution in [0.2, 0.25) is 0 Å². The Labute approximate surface area is 96.4 Å². The van der Waals surface area contributed by atoms with Crippen LogP contribution in [0.1, 0.15) is 12.6 Å². The summed E-state index contributed by atoms with van der Waals surface area (Å²) >= 11 is 3.34. The van der Waals surface area contributed by atoms with Crippen molar-refractivity contribution >= 4 is 21.9 Å². The lowest BCUT2D eigenvalue weighted by Crippen LogP contribution is -2.13. The Bertz CT molecular complexity index is 368. The number of aromatic nitrogens is 1. The van der Waals surface area contributed by atoms with Gasteiger partial charge in [0.25, 0.3) is 0 Å². The number of nitrogens with zero attached hydrogens (tertiary/aromatic N) is 1. The molecule has 0 radical (unpaired) electrons. The average Bonchev–Trinajstić information content (AvgIpc) is 2.21. The van der Waals surface area contributed by atoms with Crippen LogP contribution in [0.4, 0.5) is 0 Å². The predicted octanol–water partition coefficient (Wildman–Crippen LogP) is 2.12. The fourth-order valence-corrected chi connectivity index (χ4v) is 1.70. The normalized spacial score (nSPS) is 12.2. The maximum Gasteiger partial charge on any atom is 0.306 e. The molecule has 15 heavy (non-hydrogen) atoms. The van der Waals surface area contributed by atoms with Crippen molar-refractivity contribution in [1.29, 1.82) is 0 Å². The van der Waals surface area contributed by atoms with Gasteiger partial charge in [-0.1, -0.05) is 6.92 Å². The van der Waals surface area contributed by atoms with Crippen molar-refractivity contribution in [3.05, 3.63) is 22.4 Å². The highest BCUT2D eigenvalue weighted by Crippen LogP contribution is 2.28. The maximum atomic E-state index is 10.7. The molecular weight excluding hydrogens is 262 g/mol. The molecule has 0 spiro atoms. The Morgan fingerprint density at radius 3 is 2.93 bits per heavy atom. The first kappa shape index (κ1) is 12.0. The molecule has 4 nitrogen and oxygen atoms in total. The smallest absolute Gasteiger partial charge is 0.306 e. The fraction of sp³-hybridized carbons (Fsp3) is 0.400. The van der Waals surface area contributed by atoms with Crippen molar-refractivity contribution in [3.63, 3.8) is 0 Å². The third-order valence-corrected chi connectivity index (χ3v) is 2.92. The molecule has 1 aromatic rings. The minimum absolute atomic E-state index is 0.382. The van der Waals surface area contributed by atoms with Gasteiger partial charge < -0.3 is 9.84 Å². The molecule has 0 fully saturated rings. The SMILES string of the molecule is COc1ccnc(CC(C)C(=O)O)c1Br. The van der Waals surface area contributed by atoms with E-state index in [0.29, 0.717) is 17.9 Å². The number of ether oxygens (including phenoxy) is 1. The number of pyridine rings is 1. The minimum Gasteiger partial charge on any atom is -0.495 e. The van der Waals surface area contributed by atoms with Gasteiger partial charge in [-0.25, -0.2) is 0 Å². The molecule has 1 N–H and O–H groups in total. The summed E-state index contributed by atoms with van der Waals surface area (Å²) in [7, 11) is 1.56. The molecule has 0 aliphatic heterocycles. The summed E-state index contributed by atoms with van der Waals surface area (Å²) in [6.45, 7) is 1.65. The van der Waals surface area contributed by atoms with Gasteiger partial charge in [0.2, 0.25) is 0 Å². The molecule has 5 heteroatoms. The molecule has 0 aliphatic rings. The number of hydrogen-bond acceptors (Lipinski definition) is 3. The van der Waals surface area contributed by atoms with E-state index in [1.807, 2.05) is 0 Å². The van der Waals surface area contributed by atoms with E-state index in [1.165, 1.54) is 0 Å². The maximum absolute atomic E-state index is 10.7. The van der Waals surface area contributed by atoms with Crippen LogP contribution in [0.3, 0.4) is 0 Å². The number of carboxylic acids is 1. The molecule has 1 heterocycles. The summed E-state index contributed by atoms with van der Waals surface area (Å²) in [4.78, 5) is 14.8. The Hall–Kier alpha value is -1.10. The largest absolute Gasteiger partial charge is 0.495 e. The fourth-order valence-electron chi connectivity index (χ4n) is 1.14. The minimum atomic E-state index is -0.827. The number of methoxy groups -OCH3 is 1. The van der Waals surface area contributed by atoms with Crippen molar-refractivity contribution in [3.8, 4) is 5.75 Å². The van der Waals surface area contributed by atoms with Crippen molar-refractivity contribution in [2.75, 3.05) is 7.11 Å². The first-order chi connectivity index (χ1) is 7.06. The molecule has 1 aromatic heterocycles. The summed E-state index contributed by atoms with van der Waals surface area (Å²) in [6, 6.07) is 1.72. The molecule has 0 amide bonds. The third-order valence-electron chi connectivity index (χ3n) is 2.07. The van der Waals surface area contributed by atoms with E-state index < -0.39 is 11.9 Å². The molecular formula is C10H12BrNO3. The van der Waals surface area contributed by atoms with Crippen molar-refractivity contribution in [1.82, 2.24) is 4.98 Å². The Morgan fingerprint density at radius 1 is 1.73 bits per heavy atom. The molecule has 1 rings (SSSR count). The predicted molar refractivity (Wildman–Crippen MR) is 59.0 cm³/mol. The third kappa shape index (κ3) is 2.92. The van der Waals surface area contributed by atoms with E-state index in [9.17, 15) is 4.79 Å². The van der Waals surface area contributed by atoms with Crippen LogP contribution in [0.5, 0.6) is 5.75 Å². The number of halogens is 1. The van der Waals surface area contributed by atoms with E-state index in [2.05, 4.69) is 20.9 Å². The van der Waals surface area contributed by atoms with Gasteiger partial charge in [0, 0.05) is 12.6 Å². The summed E-state index contributed by atoms with van der Waals surface area (Å²) in [5.74, 6) is -0.620. The van der Waals surface area contributed by atoms with E-state index in [1.54, 1.807) is 26.3 Å².